The minimum atomic E-state index is 1.15. The lowest BCUT2D eigenvalue weighted by Gasteiger charge is -2.00. The van der Waals surface area contributed by atoms with Crippen LogP contribution >= 0.6 is 0 Å². The van der Waals surface area contributed by atoms with Gasteiger partial charge in [-0.15, -0.1) is 0 Å². The van der Waals surface area contributed by atoms with Crippen LogP contribution in [0.5, 0.6) is 0 Å². The molecule has 0 saturated carbocycles. The highest BCUT2D eigenvalue weighted by Crippen LogP contribution is 2.30. The first-order valence-corrected chi connectivity index (χ1v) is 8.91. The summed E-state index contributed by atoms with van der Waals surface area (Å²) in [4.78, 5) is 0. The molecule has 0 saturated heterocycles. The van der Waals surface area contributed by atoms with Crippen molar-refractivity contribution in [2.45, 2.75) is 26.7 Å². The third kappa shape index (κ3) is 1.89. The van der Waals surface area contributed by atoms with Gasteiger partial charge < -0.3 is 9.13 Å². The van der Waals surface area contributed by atoms with E-state index in [-0.39, 0.29) is 0 Å². The van der Waals surface area contributed by atoms with Crippen molar-refractivity contribution in [1.29, 1.82) is 0 Å². The van der Waals surface area contributed by atoms with E-state index in [1.54, 1.807) is 0 Å². The quantitative estimate of drug-likeness (QED) is 0.460. The molecule has 5 rings (SSSR count). The van der Waals surface area contributed by atoms with Crippen molar-refractivity contribution >= 4 is 44.9 Å². The van der Waals surface area contributed by atoms with Gasteiger partial charge in [0.1, 0.15) is 0 Å². The number of hydrogen-bond acceptors (Lipinski definition) is 0. The Balaban J connectivity index is 0.000000704. The molecule has 0 radical (unpaired) electrons. The molecule has 2 aromatic heterocycles. The molecule has 2 aromatic carbocycles. The highest BCUT2D eigenvalue weighted by atomic mass is 15.0. The third-order valence-electron chi connectivity index (χ3n) is 5.17. The van der Waals surface area contributed by atoms with Gasteiger partial charge in [-0.2, -0.15) is 0 Å². The molecule has 0 fully saturated rings. The van der Waals surface area contributed by atoms with Gasteiger partial charge >= 0.3 is 0 Å². The first-order chi connectivity index (χ1) is 11.8. The number of nitrogens with zero attached hydrogens (tertiary/aromatic N) is 2. The number of fused-ring (bicyclic) bond motifs is 6. The molecule has 24 heavy (non-hydrogen) atoms. The summed E-state index contributed by atoms with van der Waals surface area (Å²) >= 11 is 0. The van der Waals surface area contributed by atoms with Gasteiger partial charge in [0.15, 0.2) is 0 Å². The Morgan fingerprint density at radius 3 is 2.21 bits per heavy atom. The van der Waals surface area contributed by atoms with Crippen LogP contribution in [0.25, 0.3) is 44.9 Å². The van der Waals surface area contributed by atoms with Crippen molar-refractivity contribution in [1.82, 2.24) is 9.13 Å². The average Bonchev–Trinajstić information content (AvgIpc) is 3.09. The summed E-state index contributed by atoms with van der Waals surface area (Å²) in [7, 11) is 4.36. The molecule has 1 aliphatic rings. The first kappa shape index (κ1) is 15.1. The van der Waals surface area contributed by atoms with E-state index < -0.39 is 0 Å². The molecular weight excluding hydrogens is 292 g/mol. The topological polar surface area (TPSA) is 9.86 Å². The van der Waals surface area contributed by atoms with E-state index in [1.807, 2.05) is 13.8 Å². The van der Waals surface area contributed by atoms with Gasteiger partial charge in [0.2, 0.25) is 0 Å². The van der Waals surface area contributed by atoms with Crippen LogP contribution in [0.15, 0.2) is 36.4 Å². The smallest absolute Gasteiger partial charge is 0.0496 e. The summed E-state index contributed by atoms with van der Waals surface area (Å²) in [6, 6.07) is 13.4. The van der Waals surface area contributed by atoms with Crippen LogP contribution in [0.3, 0.4) is 0 Å². The summed E-state index contributed by atoms with van der Waals surface area (Å²) in [6.45, 7) is 4.00. The molecule has 2 heteroatoms. The minimum Gasteiger partial charge on any atom is -0.344 e. The normalized spacial score (nSPS) is 13.3. The fourth-order valence-corrected chi connectivity index (χ4v) is 4.04. The average molecular weight is 316 g/mol. The Morgan fingerprint density at radius 1 is 0.708 bits per heavy atom. The first-order valence-electron chi connectivity index (χ1n) is 8.91. The second-order valence-electron chi connectivity index (χ2n) is 6.31. The summed E-state index contributed by atoms with van der Waals surface area (Å²) in [6.07, 6.45) is 7.07. The number of rotatable bonds is 0. The van der Waals surface area contributed by atoms with Crippen LogP contribution in [0.1, 0.15) is 26.7 Å². The molecule has 4 aromatic rings. The summed E-state index contributed by atoms with van der Waals surface area (Å²) in [5.74, 6) is 0. The molecule has 0 amide bonds. The van der Waals surface area contributed by atoms with E-state index in [0.29, 0.717) is 0 Å². The van der Waals surface area contributed by atoms with Crippen molar-refractivity contribution in [3.63, 3.8) is 0 Å². The molecule has 122 valence electrons. The molecule has 0 bridgehead atoms. The second-order valence-corrected chi connectivity index (χ2v) is 6.31. The number of aryl methyl sites for hydroxylation is 2. The van der Waals surface area contributed by atoms with E-state index in [4.69, 9.17) is 0 Å². The van der Waals surface area contributed by atoms with Gasteiger partial charge in [0, 0.05) is 57.4 Å². The summed E-state index contributed by atoms with van der Waals surface area (Å²) in [5.41, 5.74) is 3.96. The monoisotopic (exact) mass is 316 g/mol. The lowest BCUT2D eigenvalue weighted by Crippen LogP contribution is -2.29. The van der Waals surface area contributed by atoms with Crippen molar-refractivity contribution in [2.75, 3.05) is 0 Å². The van der Waals surface area contributed by atoms with E-state index >= 15 is 0 Å². The number of aromatic nitrogens is 2. The van der Waals surface area contributed by atoms with Crippen LogP contribution in [-0.2, 0) is 14.1 Å². The lowest BCUT2D eigenvalue weighted by molar-refractivity contribution is 0.910. The minimum absolute atomic E-state index is 1.15. The zero-order chi connectivity index (χ0) is 16.8. The van der Waals surface area contributed by atoms with Crippen molar-refractivity contribution in [2.24, 2.45) is 14.1 Å². The van der Waals surface area contributed by atoms with Crippen LogP contribution in [0.4, 0.5) is 0 Å². The highest BCUT2D eigenvalue weighted by molar-refractivity contribution is 6.12. The SMILES string of the molecule is CC.Cn1c2c(c3cc4c(cc31)c1ccccc1n4C)=CCCC=2. The number of para-hydroxylation sites is 1. The predicted octanol–water partition coefficient (Wildman–Crippen LogP) is 4.20. The Hall–Kier alpha value is -2.48. The van der Waals surface area contributed by atoms with Gasteiger partial charge in [-0.05, 0) is 31.0 Å². The molecule has 2 heterocycles. The van der Waals surface area contributed by atoms with E-state index in [1.165, 1.54) is 43.3 Å². The maximum atomic E-state index is 2.39. The van der Waals surface area contributed by atoms with Crippen LogP contribution in [0.2, 0.25) is 0 Å². The van der Waals surface area contributed by atoms with Gasteiger partial charge in [-0.25, -0.2) is 0 Å². The summed E-state index contributed by atoms with van der Waals surface area (Å²) < 4.78 is 4.66. The molecule has 1 aliphatic carbocycles. The summed E-state index contributed by atoms with van der Waals surface area (Å²) in [5, 5.41) is 6.86. The van der Waals surface area contributed by atoms with Crippen molar-refractivity contribution in [3.8, 4) is 0 Å². The Kier molecular flexibility index (Phi) is 3.49. The Labute approximate surface area is 142 Å². The molecule has 0 spiro atoms. The molecule has 0 aliphatic heterocycles. The zero-order valence-electron chi connectivity index (χ0n) is 14.9. The number of benzene rings is 2. The molecule has 0 N–H and O–H groups in total. The van der Waals surface area contributed by atoms with Gasteiger partial charge in [-0.3, -0.25) is 0 Å². The molecular formula is C22H24N2. The largest absolute Gasteiger partial charge is 0.344 e. The Bertz CT molecular complexity index is 1190. The second kappa shape index (κ2) is 5.55. The standard InChI is InChI=1S/C20H18N2.C2H6/c1-21-17-9-5-3-7-13(17)15-12-20-16(11-19(15)21)14-8-4-6-10-18(14)22(20)2;1-2/h3,5,7-12H,4,6H2,1-2H3;1-2H3. The highest BCUT2D eigenvalue weighted by Gasteiger charge is 2.13. The maximum Gasteiger partial charge on any atom is 0.0496 e. The molecule has 2 nitrogen and oxygen atoms in total. The van der Waals surface area contributed by atoms with Gasteiger partial charge in [0.25, 0.3) is 0 Å². The fraction of sp³-hybridized carbons (Fsp3) is 0.273. The Morgan fingerprint density at radius 2 is 1.38 bits per heavy atom. The van der Waals surface area contributed by atoms with Gasteiger partial charge in [-0.1, -0.05) is 44.2 Å². The molecule has 0 unspecified atom stereocenters. The zero-order valence-corrected chi connectivity index (χ0v) is 14.9. The molecule has 0 atom stereocenters. The van der Waals surface area contributed by atoms with E-state index in [0.717, 1.165) is 12.8 Å². The van der Waals surface area contributed by atoms with E-state index in [2.05, 4.69) is 71.8 Å². The fourth-order valence-electron chi connectivity index (χ4n) is 4.04. The van der Waals surface area contributed by atoms with Crippen molar-refractivity contribution in [3.05, 3.63) is 47.0 Å². The van der Waals surface area contributed by atoms with Crippen LogP contribution in [-0.4, -0.2) is 9.13 Å². The van der Waals surface area contributed by atoms with Crippen LogP contribution < -0.4 is 10.6 Å². The number of hydrogen-bond donors (Lipinski definition) is 0. The van der Waals surface area contributed by atoms with E-state index in [9.17, 15) is 0 Å². The maximum absolute atomic E-state index is 2.39. The predicted molar refractivity (Wildman–Crippen MR) is 106 cm³/mol. The van der Waals surface area contributed by atoms with Crippen molar-refractivity contribution < 1.29 is 0 Å². The van der Waals surface area contributed by atoms with Crippen LogP contribution in [0, 0.1) is 0 Å². The lowest BCUT2D eigenvalue weighted by atomic mass is 10.1. The van der Waals surface area contributed by atoms with Gasteiger partial charge in [0.05, 0.1) is 0 Å². The third-order valence-corrected chi connectivity index (χ3v) is 5.17.